The molecule has 0 amide bonds. The molecule has 46 valence electrons. The van der Waals surface area contributed by atoms with Crippen molar-refractivity contribution in [3.63, 3.8) is 0 Å². The molecular weight excluding hydrogens is 139 g/mol. The fourth-order valence-corrected chi connectivity index (χ4v) is 0. The van der Waals surface area contributed by atoms with Crippen molar-refractivity contribution in [1.29, 1.82) is 0 Å². The number of nitrogens with two attached hydrogens (primary N) is 2. The van der Waals surface area contributed by atoms with E-state index in [0.717, 1.165) is 0 Å². The second kappa shape index (κ2) is 16.1. The van der Waals surface area contributed by atoms with Gasteiger partial charge in [-0.2, -0.15) is 3.84 Å². The third-order valence-electron chi connectivity index (χ3n) is 0.167. The highest BCUT2D eigenvalue weighted by molar-refractivity contribution is 6.24. The van der Waals surface area contributed by atoms with Crippen LogP contribution in [0.4, 0.5) is 0 Å². The number of hydrogen-bond donors (Lipinski definition) is 2. The SMILES string of the molecule is ClOCl.NCCN. The zero-order valence-corrected chi connectivity index (χ0v) is 5.24. The van der Waals surface area contributed by atoms with Gasteiger partial charge in [-0.15, -0.1) is 0 Å². The minimum absolute atomic E-state index is 0.597. The highest BCUT2D eigenvalue weighted by Crippen LogP contribution is 1.78. The highest BCUT2D eigenvalue weighted by atomic mass is 35.6. The molecule has 0 aliphatic carbocycles. The van der Waals surface area contributed by atoms with Crippen LogP contribution in [0.2, 0.25) is 0 Å². The summed E-state index contributed by atoms with van der Waals surface area (Å²) in [5.41, 5.74) is 9.81. The normalized spacial score (nSPS) is 6.86. The summed E-state index contributed by atoms with van der Waals surface area (Å²) in [6.45, 7) is 1.19. The maximum Gasteiger partial charge on any atom is 0.0832 e. The summed E-state index contributed by atoms with van der Waals surface area (Å²) in [5, 5.41) is 0. The molecule has 5 heteroatoms. The van der Waals surface area contributed by atoms with Crippen LogP contribution in [0.1, 0.15) is 0 Å². The van der Waals surface area contributed by atoms with Gasteiger partial charge >= 0.3 is 0 Å². The van der Waals surface area contributed by atoms with Crippen molar-refractivity contribution in [1.82, 2.24) is 0 Å². The van der Waals surface area contributed by atoms with Crippen LogP contribution in [-0.2, 0) is 3.84 Å². The van der Waals surface area contributed by atoms with E-state index in [1.165, 1.54) is 0 Å². The molecule has 0 aromatic heterocycles. The van der Waals surface area contributed by atoms with E-state index in [9.17, 15) is 0 Å². The molecule has 0 unspecified atom stereocenters. The van der Waals surface area contributed by atoms with Crippen molar-refractivity contribution < 1.29 is 3.84 Å². The van der Waals surface area contributed by atoms with Gasteiger partial charge in [0.2, 0.25) is 0 Å². The lowest BCUT2D eigenvalue weighted by Gasteiger charge is -1.72. The molecular formula is C2H8Cl2N2O. The largest absolute Gasteiger partial charge is 0.329 e. The van der Waals surface area contributed by atoms with Gasteiger partial charge in [0.1, 0.15) is 0 Å². The van der Waals surface area contributed by atoms with Gasteiger partial charge < -0.3 is 11.5 Å². The van der Waals surface area contributed by atoms with Crippen LogP contribution in [0.15, 0.2) is 0 Å². The predicted molar refractivity (Wildman–Crippen MR) is 30.9 cm³/mol. The van der Waals surface area contributed by atoms with E-state index in [-0.39, 0.29) is 0 Å². The van der Waals surface area contributed by atoms with Crippen molar-refractivity contribution in [3.8, 4) is 0 Å². The summed E-state index contributed by atoms with van der Waals surface area (Å²) in [6, 6.07) is 0. The Morgan fingerprint density at radius 3 is 1.29 bits per heavy atom. The molecule has 0 aliphatic rings. The van der Waals surface area contributed by atoms with Gasteiger partial charge in [0, 0.05) is 13.1 Å². The van der Waals surface area contributed by atoms with Crippen molar-refractivity contribution in [3.05, 3.63) is 0 Å². The molecule has 0 saturated heterocycles. The second-order valence-electron chi connectivity index (χ2n) is 0.636. The van der Waals surface area contributed by atoms with Gasteiger partial charge in [-0.1, -0.05) is 0 Å². The van der Waals surface area contributed by atoms with Crippen LogP contribution in [-0.4, -0.2) is 13.1 Å². The second-order valence-corrected chi connectivity index (χ2v) is 1.10. The molecule has 0 rings (SSSR count). The van der Waals surface area contributed by atoms with Gasteiger partial charge in [0.05, 0.1) is 23.7 Å². The molecule has 4 N–H and O–H groups in total. The Kier molecular flexibility index (Phi) is 24.0. The summed E-state index contributed by atoms with van der Waals surface area (Å²) in [4.78, 5) is 0. The lowest BCUT2D eigenvalue weighted by Crippen LogP contribution is -2.11. The molecule has 0 fully saturated rings. The summed E-state index contributed by atoms with van der Waals surface area (Å²) < 4.78 is 3.19. The Hall–Kier alpha value is 0.460. The van der Waals surface area contributed by atoms with E-state index in [2.05, 4.69) is 27.6 Å². The summed E-state index contributed by atoms with van der Waals surface area (Å²) in [6.07, 6.45) is 0. The fraction of sp³-hybridized carbons (Fsp3) is 1.00. The average molecular weight is 147 g/mol. The van der Waals surface area contributed by atoms with Crippen molar-refractivity contribution >= 4 is 23.7 Å². The molecule has 0 bridgehead atoms. The van der Waals surface area contributed by atoms with E-state index in [1.54, 1.807) is 0 Å². The smallest absolute Gasteiger partial charge is 0.0832 e. The summed E-state index contributed by atoms with van der Waals surface area (Å²) in [7, 11) is 0. The van der Waals surface area contributed by atoms with Crippen LogP contribution < -0.4 is 11.5 Å². The first kappa shape index (κ1) is 10.4. The van der Waals surface area contributed by atoms with E-state index >= 15 is 0 Å². The summed E-state index contributed by atoms with van der Waals surface area (Å²) in [5.74, 6) is 0. The average Bonchev–Trinajstić information content (AvgIpc) is 1.69. The maximum atomic E-state index is 4.90. The van der Waals surface area contributed by atoms with Crippen molar-refractivity contribution in [2.75, 3.05) is 13.1 Å². The topological polar surface area (TPSA) is 61.3 Å². The Balaban J connectivity index is 0. The minimum Gasteiger partial charge on any atom is -0.329 e. The Bertz CT molecular complexity index is 21.2. The molecule has 0 aromatic rings. The molecule has 3 nitrogen and oxygen atoms in total. The van der Waals surface area contributed by atoms with Crippen molar-refractivity contribution in [2.45, 2.75) is 0 Å². The molecule has 0 aliphatic heterocycles. The number of halogens is 2. The molecule has 0 saturated carbocycles. The molecule has 0 atom stereocenters. The Morgan fingerprint density at radius 2 is 1.29 bits per heavy atom. The van der Waals surface area contributed by atoms with Gasteiger partial charge in [-0.3, -0.25) is 0 Å². The zero-order valence-electron chi connectivity index (χ0n) is 3.73. The molecule has 0 aromatic carbocycles. The van der Waals surface area contributed by atoms with Gasteiger partial charge in [0.25, 0.3) is 0 Å². The Morgan fingerprint density at radius 1 is 1.14 bits per heavy atom. The van der Waals surface area contributed by atoms with Gasteiger partial charge in [0.15, 0.2) is 0 Å². The molecule has 0 heterocycles. The van der Waals surface area contributed by atoms with Crippen LogP contribution in [0, 0.1) is 0 Å². The molecule has 7 heavy (non-hydrogen) atoms. The first-order valence-corrected chi connectivity index (χ1v) is 2.24. The number of hydrogen-bond acceptors (Lipinski definition) is 3. The minimum atomic E-state index is 0.597. The molecule has 0 radical (unpaired) electrons. The van der Waals surface area contributed by atoms with Gasteiger partial charge in [-0.25, -0.2) is 0 Å². The number of rotatable bonds is 1. The lowest BCUT2D eigenvalue weighted by molar-refractivity contribution is 0.697. The molecule has 0 spiro atoms. The van der Waals surface area contributed by atoms with E-state index in [0.29, 0.717) is 13.1 Å². The third-order valence-corrected chi connectivity index (χ3v) is 0.167. The van der Waals surface area contributed by atoms with Crippen LogP contribution in [0.5, 0.6) is 0 Å². The fourth-order valence-electron chi connectivity index (χ4n) is 0. The maximum absolute atomic E-state index is 4.90. The quantitative estimate of drug-likeness (QED) is 0.557. The first-order chi connectivity index (χ1) is 3.33. The third kappa shape index (κ3) is 60.3. The Labute approximate surface area is 52.9 Å². The van der Waals surface area contributed by atoms with Crippen LogP contribution in [0.3, 0.4) is 0 Å². The lowest BCUT2D eigenvalue weighted by atomic mass is 10.7. The standard InChI is InChI=1S/C2H8N2.Cl2O/c3-1-2-4;1-3-2/h1-4H2;. The predicted octanol–water partition coefficient (Wildman–Crippen LogP) is 0.214. The van der Waals surface area contributed by atoms with Crippen LogP contribution >= 0.6 is 23.7 Å². The summed E-state index contributed by atoms with van der Waals surface area (Å²) >= 11 is 8.53. The monoisotopic (exact) mass is 146 g/mol. The van der Waals surface area contributed by atoms with Gasteiger partial charge in [-0.05, 0) is 0 Å². The zero-order chi connectivity index (χ0) is 6.12. The highest BCUT2D eigenvalue weighted by Gasteiger charge is 1.54. The van der Waals surface area contributed by atoms with Crippen LogP contribution in [0.25, 0.3) is 0 Å². The van der Waals surface area contributed by atoms with E-state index < -0.39 is 0 Å². The van der Waals surface area contributed by atoms with E-state index in [1.807, 2.05) is 0 Å². The van der Waals surface area contributed by atoms with E-state index in [4.69, 9.17) is 11.5 Å². The first-order valence-electron chi connectivity index (χ1n) is 1.63. The van der Waals surface area contributed by atoms with Crippen molar-refractivity contribution in [2.24, 2.45) is 11.5 Å².